The molecule has 0 spiro atoms. The van der Waals surface area contributed by atoms with E-state index in [1.54, 1.807) is 0 Å². The zero-order chi connectivity index (χ0) is 14.7. The molecule has 2 aromatic carbocycles. The van der Waals surface area contributed by atoms with Crippen LogP contribution in [-0.2, 0) is 0 Å². The number of H-pyrrole nitrogens is 1. The minimum Gasteiger partial charge on any atom is -0.339 e. The Labute approximate surface area is 135 Å². The summed E-state index contributed by atoms with van der Waals surface area (Å²) in [7, 11) is 0. The van der Waals surface area contributed by atoms with Crippen molar-refractivity contribution in [2.24, 2.45) is 0 Å². The molecule has 3 rings (SSSR count). The van der Waals surface area contributed by atoms with Crippen LogP contribution < -0.4 is 10.9 Å². The molecule has 0 atom stereocenters. The lowest BCUT2D eigenvalue weighted by molar-refractivity contribution is 1.10. The molecule has 0 saturated heterocycles. The first-order chi connectivity index (χ1) is 10.2. The number of rotatable bonds is 3. The van der Waals surface area contributed by atoms with Crippen LogP contribution in [-0.4, -0.2) is 9.97 Å². The Kier molecular flexibility index (Phi) is 4.01. The van der Waals surface area contributed by atoms with Crippen molar-refractivity contribution < 1.29 is 0 Å². The molecule has 3 aromatic rings. The van der Waals surface area contributed by atoms with Crippen LogP contribution in [0.4, 0.5) is 11.5 Å². The summed E-state index contributed by atoms with van der Waals surface area (Å²) in [4.78, 5) is 18.2. The summed E-state index contributed by atoms with van der Waals surface area (Å²) in [6, 6.07) is 18.2. The van der Waals surface area contributed by atoms with E-state index in [1.807, 2.05) is 65.1 Å². The van der Waals surface area contributed by atoms with Gasteiger partial charge in [0.1, 0.15) is 3.57 Å². The molecule has 1 heterocycles. The molecule has 0 radical (unpaired) electrons. The maximum absolute atomic E-state index is 11.5. The number of nitrogens with zero attached hydrogens (tertiary/aromatic N) is 1. The zero-order valence-electron chi connectivity index (χ0n) is 11.0. The Balaban J connectivity index is 1.85. The van der Waals surface area contributed by atoms with Crippen molar-refractivity contribution in [3.05, 3.63) is 74.8 Å². The first-order valence-corrected chi connectivity index (χ1v) is 7.47. The molecule has 0 aliphatic carbocycles. The number of hydrogen-bond acceptors (Lipinski definition) is 3. The predicted molar refractivity (Wildman–Crippen MR) is 92.7 cm³/mol. The van der Waals surface area contributed by atoms with Crippen molar-refractivity contribution in [1.82, 2.24) is 9.97 Å². The molecule has 0 saturated carbocycles. The smallest absolute Gasteiger partial charge is 0.266 e. The highest BCUT2D eigenvalue weighted by Gasteiger charge is 2.05. The van der Waals surface area contributed by atoms with Crippen LogP contribution in [0.5, 0.6) is 0 Å². The predicted octanol–water partition coefficient (Wildman–Crippen LogP) is 3.79. The maximum atomic E-state index is 11.5. The van der Waals surface area contributed by atoms with Gasteiger partial charge in [-0.15, -0.1) is 0 Å². The number of nitrogens with one attached hydrogen (secondary N) is 2. The summed E-state index contributed by atoms with van der Waals surface area (Å²) in [5, 5.41) is 3.15. The number of halogens is 1. The molecule has 0 amide bonds. The van der Waals surface area contributed by atoms with Crippen molar-refractivity contribution in [1.29, 1.82) is 0 Å². The quantitative estimate of drug-likeness (QED) is 0.671. The van der Waals surface area contributed by atoms with E-state index in [-0.39, 0.29) is 5.56 Å². The fraction of sp³-hybridized carbons (Fsp3) is 0. The average Bonchev–Trinajstić information content (AvgIpc) is 2.53. The highest BCUT2D eigenvalue weighted by molar-refractivity contribution is 14.1. The van der Waals surface area contributed by atoms with Crippen LogP contribution in [0.15, 0.2) is 65.7 Å². The molecule has 5 heteroatoms. The number of anilines is 2. The maximum Gasteiger partial charge on any atom is 0.266 e. The Morgan fingerprint density at radius 3 is 2.33 bits per heavy atom. The lowest BCUT2D eigenvalue weighted by Crippen LogP contribution is -2.12. The third kappa shape index (κ3) is 3.13. The topological polar surface area (TPSA) is 57.8 Å². The van der Waals surface area contributed by atoms with Crippen molar-refractivity contribution >= 4 is 34.1 Å². The second-order valence-electron chi connectivity index (χ2n) is 4.46. The van der Waals surface area contributed by atoms with Gasteiger partial charge in [-0.05, 0) is 45.9 Å². The molecule has 0 fully saturated rings. The van der Waals surface area contributed by atoms with Gasteiger partial charge in [0.05, 0.1) is 6.33 Å². The molecule has 104 valence electrons. The van der Waals surface area contributed by atoms with Crippen LogP contribution >= 0.6 is 22.6 Å². The molecule has 2 N–H and O–H groups in total. The normalized spacial score (nSPS) is 10.3. The first kappa shape index (κ1) is 13.8. The number of benzene rings is 2. The monoisotopic (exact) mass is 389 g/mol. The van der Waals surface area contributed by atoms with E-state index in [1.165, 1.54) is 11.9 Å². The minimum absolute atomic E-state index is 0.144. The number of aromatic amines is 1. The van der Waals surface area contributed by atoms with Gasteiger partial charge in [-0.2, -0.15) is 0 Å². The fourth-order valence-electron chi connectivity index (χ4n) is 1.98. The van der Waals surface area contributed by atoms with Gasteiger partial charge in [0.25, 0.3) is 5.56 Å². The van der Waals surface area contributed by atoms with Crippen molar-refractivity contribution in [2.75, 3.05) is 5.32 Å². The highest BCUT2D eigenvalue weighted by Crippen LogP contribution is 2.23. The fourth-order valence-corrected chi connectivity index (χ4v) is 2.41. The molecule has 0 bridgehead atoms. The molecule has 0 aliphatic heterocycles. The summed E-state index contributed by atoms with van der Waals surface area (Å²) in [6.07, 6.45) is 1.39. The molecule has 0 aliphatic rings. The lowest BCUT2D eigenvalue weighted by atomic mass is 10.1. The Hall–Kier alpha value is -2.15. The van der Waals surface area contributed by atoms with E-state index in [4.69, 9.17) is 0 Å². The van der Waals surface area contributed by atoms with Crippen molar-refractivity contribution in [2.45, 2.75) is 0 Å². The molecule has 1 aromatic heterocycles. The summed E-state index contributed by atoms with van der Waals surface area (Å²) < 4.78 is 0.544. The number of hydrogen-bond donors (Lipinski definition) is 2. The van der Waals surface area contributed by atoms with Crippen molar-refractivity contribution in [3.8, 4) is 11.1 Å². The Bertz CT molecular complexity index is 798. The third-order valence-electron chi connectivity index (χ3n) is 3.05. The Morgan fingerprint density at radius 2 is 1.62 bits per heavy atom. The van der Waals surface area contributed by atoms with E-state index >= 15 is 0 Å². The number of aromatic nitrogens is 2. The largest absolute Gasteiger partial charge is 0.339 e. The molecule has 4 nitrogen and oxygen atoms in total. The second kappa shape index (κ2) is 6.09. The summed E-state index contributed by atoms with van der Waals surface area (Å²) in [6.45, 7) is 0. The summed E-state index contributed by atoms with van der Waals surface area (Å²) >= 11 is 1.98. The van der Waals surface area contributed by atoms with Crippen LogP contribution in [0.3, 0.4) is 0 Å². The van der Waals surface area contributed by atoms with E-state index in [9.17, 15) is 4.79 Å². The van der Waals surface area contributed by atoms with Gasteiger partial charge in [0, 0.05) is 5.69 Å². The van der Waals surface area contributed by atoms with Crippen LogP contribution in [0.1, 0.15) is 0 Å². The first-order valence-electron chi connectivity index (χ1n) is 6.40. The molecule has 21 heavy (non-hydrogen) atoms. The van der Waals surface area contributed by atoms with Crippen molar-refractivity contribution in [3.63, 3.8) is 0 Å². The van der Waals surface area contributed by atoms with Gasteiger partial charge in [-0.3, -0.25) is 4.79 Å². The van der Waals surface area contributed by atoms with E-state index < -0.39 is 0 Å². The molecule has 0 unspecified atom stereocenters. The van der Waals surface area contributed by atoms with Gasteiger partial charge in [-0.1, -0.05) is 42.5 Å². The average molecular weight is 389 g/mol. The van der Waals surface area contributed by atoms with E-state index in [0.29, 0.717) is 9.39 Å². The lowest BCUT2D eigenvalue weighted by Gasteiger charge is -2.08. The van der Waals surface area contributed by atoms with Gasteiger partial charge < -0.3 is 10.3 Å². The Morgan fingerprint density at radius 1 is 0.952 bits per heavy atom. The highest BCUT2D eigenvalue weighted by atomic mass is 127. The van der Waals surface area contributed by atoms with E-state index in [0.717, 1.165) is 11.3 Å². The van der Waals surface area contributed by atoms with Crippen LogP contribution in [0.25, 0.3) is 11.1 Å². The third-order valence-corrected chi connectivity index (χ3v) is 4.05. The molecular weight excluding hydrogens is 377 g/mol. The van der Waals surface area contributed by atoms with Gasteiger partial charge in [0.15, 0.2) is 5.82 Å². The SMILES string of the molecule is O=c1[nH]cnc(Nc2ccc(-c3ccccc3)cc2)c1I. The van der Waals surface area contributed by atoms with Gasteiger partial charge in [-0.25, -0.2) is 4.98 Å². The van der Waals surface area contributed by atoms with Crippen LogP contribution in [0, 0.1) is 3.57 Å². The van der Waals surface area contributed by atoms with Gasteiger partial charge in [0.2, 0.25) is 0 Å². The minimum atomic E-state index is -0.144. The summed E-state index contributed by atoms with van der Waals surface area (Å²) in [5.41, 5.74) is 3.07. The summed E-state index contributed by atoms with van der Waals surface area (Å²) in [5.74, 6) is 0.562. The second-order valence-corrected chi connectivity index (χ2v) is 5.54. The van der Waals surface area contributed by atoms with Crippen LogP contribution in [0.2, 0.25) is 0 Å². The standard InChI is InChI=1S/C16H12IN3O/c17-14-15(18-10-19-16(14)21)20-13-8-6-12(7-9-13)11-4-2-1-3-5-11/h1-10H,(H2,18,19,20,21). The van der Waals surface area contributed by atoms with E-state index in [2.05, 4.69) is 27.4 Å². The van der Waals surface area contributed by atoms with Gasteiger partial charge >= 0.3 is 0 Å². The zero-order valence-corrected chi connectivity index (χ0v) is 13.2. The molecular formula is C16H12IN3O.